The van der Waals surface area contributed by atoms with Crippen LogP contribution in [-0.4, -0.2) is 54.4 Å². The molecule has 27 heavy (non-hydrogen) atoms. The van der Waals surface area contributed by atoms with Crippen molar-refractivity contribution in [1.82, 2.24) is 9.47 Å². The number of nitrogens with zero attached hydrogens (tertiary/aromatic N) is 3. The standard InChI is InChI=1S/C22H27N3O2/c1-23-15-18(17-7-3-4-8-19(17)23)21(26)16-24-11-13-25(14-12-24)20-9-5-6-10-22(20)27-2/h3-10,15,21,26H,11-14,16H2,1-2H3. The lowest BCUT2D eigenvalue weighted by atomic mass is 10.1. The van der Waals surface area contributed by atoms with Crippen LogP contribution in [-0.2, 0) is 7.05 Å². The second kappa shape index (κ2) is 7.62. The highest BCUT2D eigenvalue weighted by molar-refractivity contribution is 5.84. The van der Waals surface area contributed by atoms with Gasteiger partial charge in [0.1, 0.15) is 5.75 Å². The average molecular weight is 365 g/mol. The highest BCUT2D eigenvalue weighted by Crippen LogP contribution is 2.30. The van der Waals surface area contributed by atoms with Gasteiger partial charge in [-0.3, -0.25) is 4.90 Å². The summed E-state index contributed by atoms with van der Waals surface area (Å²) in [7, 11) is 3.75. The molecule has 1 atom stereocenters. The molecule has 1 aliphatic rings. The van der Waals surface area contributed by atoms with Gasteiger partial charge in [0.15, 0.2) is 0 Å². The number of methoxy groups -OCH3 is 1. The van der Waals surface area contributed by atoms with Gasteiger partial charge in [0.25, 0.3) is 0 Å². The van der Waals surface area contributed by atoms with Crippen molar-refractivity contribution in [2.45, 2.75) is 6.10 Å². The zero-order valence-electron chi connectivity index (χ0n) is 16.0. The lowest BCUT2D eigenvalue weighted by Gasteiger charge is -2.37. The van der Waals surface area contributed by atoms with Crippen LogP contribution in [0.25, 0.3) is 10.9 Å². The third-order valence-corrected chi connectivity index (χ3v) is 5.52. The predicted octanol–water partition coefficient (Wildman–Crippen LogP) is 3.04. The fourth-order valence-corrected chi connectivity index (χ4v) is 4.04. The summed E-state index contributed by atoms with van der Waals surface area (Å²) in [6.07, 6.45) is 1.58. The van der Waals surface area contributed by atoms with Gasteiger partial charge in [-0.05, 0) is 18.2 Å². The number of anilines is 1. The van der Waals surface area contributed by atoms with E-state index in [4.69, 9.17) is 4.74 Å². The smallest absolute Gasteiger partial charge is 0.142 e. The minimum absolute atomic E-state index is 0.478. The summed E-state index contributed by atoms with van der Waals surface area (Å²) in [4.78, 5) is 4.71. The Labute approximate surface area is 160 Å². The topological polar surface area (TPSA) is 40.9 Å². The molecule has 2 heterocycles. The van der Waals surface area contributed by atoms with Crippen molar-refractivity contribution < 1.29 is 9.84 Å². The van der Waals surface area contributed by atoms with E-state index in [2.05, 4.69) is 44.8 Å². The van der Waals surface area contributed by atoms with E-state index in [-0.39, 0.29) is 0 Å². The Balaban J connectivity index is 1.41. The number of rotatable bonds is 5. The van der Waals surface area contributed by atoms with Crippen molar-refractivity contribution >= 4 is 16.6 Å². The molecule has 4 rings (SSSR count). The van der Waals surface area contributed by atoms with E-state index in [0.29, 0.717) is 6.54 Å². The predicted molar refractivity (Wildman–Crippen MR) is 110 cm³/mol. The monoisotopic (exact) mass is 365 g/mol. The number of aliphatic hydroxyl groups is 1. The maximum atomic E-state index is 10.9. The zero-order valence-corrected chi connectivity index (χ0v) is 16.0. The van der Waals surface area contributed by atoms with Gasteiger partial charge in [-0.2, -0.15) is 0 Å². The first-order valence-electron chi connectivity index (χ1n) is 9.49. The van der Waals surface area contributed by atoms with Crippen molar-refractivity contribution in [3.05, 3.63) is 60.3 Å². The molecular weight excluding hydrogens is 338 g/mol. The van der Waals surface area contributed by atoms with Gasteiger partial charge >= 0.3 is 0 Å². The van der Waals surface area contributed by atoms with Gasteiger partial charge in [0.05, 0.1) is 18.9 Å². The fraction of sp³-hybridized carbons (Fsp3) is 0.364. The maximum absolute atomic E-state index is 10.9. The Morgan fingerprint density at radius 2 is 1.70 bits per heavy atom. The van der Waals surface area contributed by atoms with Crippen LogP contribution in [0.2, 0.25) is 0 Å². The van der Waals surface area contributed by atoms with Gasteiger partial charge in [-0.1, -0.05) is 30.3 Å². The number of piperazine rings is 1. The van der Waals surface area contributed by atoms with Crippen molar-refractivity contribution in [3.63, 3.8) is 0 Å². The number of para-hydroxylation sites is 3. The molecule has 1 saturated heterocycles. The van der Waals surface area contributed by atoms with Crippen LogP contribution in [0.15, 0.2) is 54.7 Å². The third-order valence-electron chi connectivity index (χ3n) is 5.52. The SMILES string of the molecule is COc1ccccc1N1CCN(CC(O)c2cn(C)c3ccccc23)CC1. The van der Waals surface area contributed by atoms with Gasteiger partial charge in [0, 0.05) is 62.4 Å². The van der Waals surface area contributed by atoms with E-state index < -0.39 is 6.10 Å². The zero-order chi connectivity index (χ0) is 18.8. The summed E-state index contributed by atoms with van der Waals surface area (Å²) in [5.74, 6) is 0.918. The van der Waals surface area contributed by atoms with Crippen molar-refractivity contribution in [2.24, 2.45) is 7.05 Å². The molecule has 5 nitrogen and oxygen atoms in total. The minimum Gasteiger partial charge on any atom is -0.495 e. The Morgan fingerprint density at radius 3 is 2.48 bits per heavy atom. The number of aliphatic hydroxyl groups excluding tert-OH is 1. The molecule has 1 unspecified atom stereocenters. The molecule has 1 aliphatic heterocycles. The Hall–Kier alpha value is -2.50. The van der Waals surface area contributed by atoms with Crippen LogP contribution in [0, 0.1) is 0 Å². The molecule has 1 fully saturated rings. The minimum atomic E-state index is -0.478. The molecule has 1 N–H and O–H groups in total. The molecule has 0 bridgehead atoms. The molecule has 3 aromatic rings. The number of aryl methyl sites for hydroxylation is 1. The Kier molecular flexibility index (Phi) is 5.05. The molecular formula is C22H27N3O2. The second-order valence-corrected chi connectivity index (χ2v) is 7.19. The first-order valence-corrected chi connectivity index (χ1v) is 9.49. The highest BCUT2D eigenvalue weighted by atomic mass is 16.5. The first kappa shape index (κ1) is 17.9. The second-order valence-electron chi connectivity index (χ2n) is 7.19. The molecule has 5 heteroatoms. The molecule has 1 aromatic heterocycles. The van der Waals surface area contributed by atoms with E-state index in [1.165, 1.54) is 0 Å². The van der Waals surface area contributed by atoms with Crippen LogP contribution in [0.5, 0.6) is 5.75 Å². The van der Waals surface area contributed by atoms with E-state index >= 15 is 0 Å². The molecule has 0 radical (unpaired) electrons. The lowest BCUT2D eigenvalue weighted by molar-refractivity contribution is 0.110. The van der Waals surface area contributed by atoms with Crippen molar-refractivity contribution in [3.8, 4) is 5.75 Å². The number of hydrogen-bond acceptors (Lipinski definition) is 4. The summed E-state index contributed by atoms with van der Waals surface area (Å²) in [5.41, 5.74) is 3.32. The average Bonchev–Trinajstić information content (AvgIpc) is 3.06. The van der Waals surface area contributed by atoms with Gasteiger partial charge in [-0.15, -0.1) is 0 Å². The van der Waals surface area contributed by atoms with Gasteiger partial charge < -0.3 is 19.3 Å². The number of benzene rings is 2. The van der Waals surface area contributed by atoms with E-state index in [1.807, 2.05) is 31.3 Å². The summed E-state index contributed by atoms with van der Waals surface area (Å²) in [6.45, 7) is 4.39. The number of fused-ring (bicyclic) bond motifs is 1. The summed E-state index contributed by atoms with van der Waals surface area (Å²) >= 11 is 0. The number of ether oxygens (including phenoxy) is 1. The quantitative estimate of drug-likeness (QED) is 0.755. The van der Waals surface area contributed by atoms with Gasteiger partial charge in [-0.25, -0.2) is 0 Å². The molecule has 142 valence electrons. The van der Waals surface area contributed by atoms with E-state index in [0.717, 1.165) is 54.1 Å². The largest absolute Gasteiger partial charge is 0.495 e. The third kappa shape index (κ3) is 3.53. The van der Waals surface area contributed by atoms with E-state index in [9.17, 15) is 5.11 Å². The van der Waals surface area contributed by atoms with Crippen LogP contribution in [0.3, 0.4) is 0 Å². The highest BCUT2D eigenvalue weighted by Gasteiger charge is 2.23. The lowest BCUT2D eigenvalue weighted by Crippen LogP contribution is -2.47. The summed E-state index contributed by atoms with van der Waals surface area (Å²) in [5, 5.41) is 12.0. The fourth-order valence-electron chi connectivity index (χ4n) is 4.04. The number of β-amino-alcohol motifs (C(OH)–C–C–N with tert-alkyl or cyclic N) is 1. The Bertz CT molecular complexity index is 913. The molecule has 0 aliphatic carbocycles. The molecule has 0 spiro atoms. The van der Waals surface area contributed by atoms with Crippen LogP contribution in [0.1, 0.15) is 11.7 Å². The molecule has 0 saturated carbocycles. The van der Waals surface area contributed by atoms with Crippen LogP contribution in [0.4, 0.5) is 5.69 Å². The van der Waals surface area contributed by atoms with E-state index in [1.54, 1.807) is 7.11 Å². The number of hydrogen-bond donors (Lipinski definition) is 1. The van der Waals surface area contributed by atoms with Crippen molar-refractivity contribution in [1.29, 1.82) is 0 Å². The van der Waals surface area contributed by atoms with Crippen molar-refractivity contribution in [2.75, 3.05) is 44.7 Å². The van der Waals surface area contributed by atoms with Crippen LogP contribution < -0.4 is 9.64 Å². The summed E-state index contributed by atoms with van der Waals surface area (Å²) in [6, 6.07) is 16.4. The first-order chi connectivity index (χ1) is 13.2. The maximum Gasteiger partial charge on any atom is 0.142 e. The Morgan fingerprint density at radius 1 is 1.00 bits per heavy atom. The number of aromatic nitrogens is 1. The van der Waals surface area contributed by atoms with Gasteiger partial charge in [0.2, 0.25) is 0 Å². The molecule has 0 amide bonds. The molecule has 2 aromatic carbocycles. The van der Waals surface area contributed by atoms with Crippen LogP contribution >= 0.6 is 0 Å². The summed E-state index contributed by atoms with van der Waals surface area (Å²) < 4.78 is 7.58. The normalized spacial score (nSPS) is 16.6.